The Morgan fingerprint density at radius 2 is 0.167 bits per heavy atom. The molecule has 0 aromatic rings. The van der Waals surface area contributed by atoms with Crippen molar-refractivity contribution in [3.05, 3.63) is 0 Å². The fraction of sp³-hybridized carbons (Fsp3) is 0. The molecule has 6 heavy (non-hydrogen) atoms. The van der Waals surface area contributed by atoms with E-state index in [1.165, 1.54) is 0 Å². The van der Waals surface area contributed by atoms with Crippen molar-refractivity contribution in [3.63, 3.8) is 0 Å². The van der Waals surface area contributed by atoms with E-state index in [2.05, 4.69) is 0 Å². The Kier molecular flexibility index (Phi) is 258. The Bertz CT molecular complexity index is 0. The molecule has 0 atom stereocenters. The predicted octanol–water partition coefficient (Wildman–Crippen LogP) is -2.28. The summed E-state index contributed by atoms with van der Waals surface area (Å²) in [6, 6.07) is 0. The van der Waals surface area contributed by atoms with Gasteiger partial charge in [0, 0.05) is 138 Å². The molecule has 0 amide bonds. The van der Waals surface area contributed by atoms with Gasteiger partial charge in [0.25, 0.3) is 0 Å². The van der Waals surface area contributed by atoms with Gasteiger partial charge in [-0.05, 0) is 0 Å². The molecule has 0 aromatic heterocycles. The van der Waals surface area contributed by atoms with E-state index in [9.17, 15) is 0 Å². The summed E-state index contributed by atoms with van der Waals surface area (Å²) in [6.45, 7) is 0. The normalized spacial score (nSPS) is 0. The van der Waals surface area contributed by atoms with Crippen LogP contribution in [0.1, 0.15) is 0 Å². The molecule has 12 valence electrons. The van der Waals surface area contributed by atoms with Crippen LogP contribution in [0, 0.1) is 0 Å². The molecule has 12 radical (unpaired) electrons. The lowest BCUT2D eigenvalue weighted by Crippen LogP contribution is -0.382. The lowest BCUT2D eigenvalue weighted by Gasteiger charge is -0.00100. The minimum absolute atomic E-state index is 0. The quantitative estimate of drug-likeness (QED) is 0.337. The summed E-state index contributed by atoms with van der Waals surface area (Å²) >= 11 is 0. The van der Waals surface area contributed by atoms with Gasteiger partial charge in [-0.3, -0.25) is 0 Å². The highest BCUT2D eigenvalue weighted by atomic mass is 24.3. The average molecular weight is 146 g/mol. The molecule has 0 aliphatic carbocycles. The molecule has 0 saturated heterocycles. The molecule has 0 rings (SSSR count). The van der Waals surface area contributed by atoms with Crippen molar-refractivity contribution in [1.82, 2.24) is 0 Å². The van der Waals surface area contributed by atoms with Crippen molar-refractivity contribution >= 4 is 138 Å². The van der Waals surface area contributed by atoms with E-state index in [1.807, 2.05) is 0 Å². The van der Waals surface area contributed by atoms with Gasteiger partial charge >= 0.3 is 0 Å². The third-order valence-corrected chi connectivity index (χ3v) is 0. The zero-order valence-corrected chi connectivity index (χ0v) is 12.7. The number of rotatable bonds is 0. The van der Waals surface area contributed by atoms with Gasteiger partial charge in [0.2, 0.25) is 0 Å². The Balaban J connectivity index is 0. The average Bonchev–Trinajstić information content (AvgIpc) is 0. The summed E-state index contributed by atoms with van der Waals surface area (Å²) in [6.07, 6.45) is 0. The molecular formula is Mg6. The van der Waals surface area contributed by atoms with Crippen molar-refractivity contribution in [2.45, 2.75) is 0 Å². The lowest BCUT2D eigenvalue weighted by atomic mass is 24.3. The third-order valence-electron chi connectivity index (χ3n) is 0. The van der Waals surface area contributed by atoms with Gasteiger partial charge in [-0.2, -0.15) is 0 Å². The summed E-state index contributed by atoms with van der Waals surface area (Å²) < 4.78 is 0. The summed E-state index contributed by atoms with van der Waals surface area (Å²) in [5.74, 6) is 0. The van der Waals surface area contributed by atoms with E-state index < -0.39 is 0 Å². The van der Waals surface area contributed by atoms with Crippen LogP contribution in [0.25, 0.3) is 0 Å². The minimum Gasteiger partial charge on any atom is 0 e. The smallest absolute Gasteiger partial charge is 0 e. The zero-order valence-electron chi connectivity index (χ0n) is 4.24. The second kappa shape index (κ2) is 33.6. The van der Waals surface area contributed by atoms with Crippen molar-refractivity contribution in [2.24, 2.45) is 0 Å². The highest BCUT2D eigenvalue weighted by Crippen LogP contribution is -0.376. The van der Waals surface area contributed by atoms with Crippen LogP contribution in [0.5, 0.6) is 0 Å². The Hall–Kier alpha value is 4.60. The molecule has 0 bridgehead atoms. The van der Waals surface area contributed by atoms with Crippen LogP contribution in [0.4, 0.5) is 0 Å². The van der Waals surface area contributed by atoms with Crippen molar-refractivity contribution in [1.29, 1.82) is 0 Å². The minimum atomic E-state index is 0. The molecule has 0 spiro atoms. The molecule has 6 heteroatoms. The first-order valence-corrected chi connectivity index (χ1v) is 0. The van der Waals surface area contributed by atoms with Crippen LogP contribution in [-0.4, -0.2) is 138 Å². The third kappa shape index (κ3) is 23.5. The molecular weight excluding hydrogens is 146 g/mol. The van der Waals surface area contributed by atoms with E-state index in [1.54, 1.807) is 0 Å². The van der Waals surface area contributed by atoms with Gasteiger partial charge in [-0.15, -0.1) is 0 Å². The van der Waals surface area contributed by atoms with Gasteiger partial charge in [0.15, 0.2) is 0 Å². The van der Waals surface area contributed by atoms with Crippen LogP contribution in [-0.2, 0) is 0 Å². The number of hydrogen-bond acceptors (Lipinski definition) is 0. The fourth-order valence-electron chi connectivity index (χ4n) is 0. The number of hydrogen-bond donors (Lipinski definition) is 0. The largest absolute Gasteiger partial charge is 0 e. The zero-order chi connectivity index (χ0) is 0. The van der Waals surface area contributed by atoms with Crippen LogP contribution in [0.2, 0.25) is 0 Å². The highest BCUT2D eigenvalue weighted by Gasteiger charge is 0.00500. The van der Waals surface area contributed by atoms with Gasteiger partial charge < -0.3 is 0 Å². The van der Waals surface area contributed by atoms with E-state index in [4.69, 9.17) is 0 Å². The Labute approximate surface area is 135 Å². The molecule has 0 heterocycles. The van der Waals surface area contributed by atoms with Crippen LogP contribution in [0.15, 0.2) is 0 Å². The van der Waals surface area contributed by atoms with Gasteiger partial charge in [-0.25, -0.2) is 0 Å². The molecule has 0 saturated carbocycles. The van der Waals surface area contributed by atoms with Crippen molar-refractivity contribution in [3.8, 4) is 0 Å². The first kappa shape index (κ1) is 46.2. The van der Waals surface area contributed by atoms with E-state index in [-0.39, 0.29) is 138 Å². The lowest BCUT2D eigenvalue weighted by molar-refractivity contribution is 5.75. The molecule has 0 unspecified atom stereocenters. The standard InChI is InChI=1S/6Mg. The maximum absolute atomic E-state index is 0. The van der Waals surface area contributed by atoms with Crippen molar-refractivity contribution < 1.29 is 0 Å². The summed E-state index contributed by atoms with van der Waals surface area (Å²) in [7, 11) is 0. The summed E-state index contributed by atoms with van der Waals surface area (Å²) in [4.78, 5) is 0. The maximum Gasteiger partial charge on any atom is 0 e. The predicted molar refractivity (Wildman–Crippen MR) is 34.5 cm³/mol. The van der Waals surface area contributed by atoms with E-state index in [0.717, 1.165) is 0 Å². The van der Waals surface area contributed by atoms with Crippen molar-refractivity contribution in [2.75, 3.05) is 0 Å². The van der Waals surface area contributed by atoms with Gasteiger partial charge in [0.05, 0.1) is 0 Å². The SMILES string of the molecule is [Mg].[Mg].[Mg].[Mg].[Mg].[Mg]. The van der Waals surface area contributed by atoms with Crippen LogP contribution < -0.4 is 0 Å². The Morgan fingerprint density at radius 3 is 0.167 bits per heavy atom. The maximum atomic E-state index is 0. The topological polar surface area (TPSA) is 0 Å². The van der Waals surface area contributed by atoms with Crippen LogP contribution >= 0.6 is 0 Å². The Morgan fingerprint density at radius 1 is 0.167 bits per heavy atom. The fourth-order valence-corrected chi connectivity index (χ4v) is 0. The molecule has 0 fully saturated rings. The monoisotopic (exact) mass is 144 g/mol. The first-order chi connectivity index (χ1) is 0. The summed E-state index contributed by atoms with van der Waals surface area (Å²) in [5.41, 5.74) is 0. The van der Waals surface area contributed by atoms with Crippen LogP contribution in [0.3, 0.4) is 0 Å². The van der Waals surface area contributed by atoms with E-state index in [0.29, 0.717) is 0 Å². The van der Waals surface area contributed by atoms with Gasteiger partial charge in [0.1, 0.15) is 0 Å². The molecule has 0 N–H and O–H groups in total. The summed E-state index contributed by atoms with van der Waals surface area (Å²) in [5, 5.41) is 0. The highest BCUT2D eigenvalue weighted by molar-refractivity contribution is 5.76. The molecule has 0 aliphatic heterocycles. The second-order valence-corrected chi connectivity index (χ2v) is 0. The van der Waals surface area contributed by atoms with E-state index >= 15 is 0 Å². The second-order valence-electron chi connectivity index (χ2n) is 0. The molecule has 0 aliphatic rings. The molecule has 0 aromatic carbocycles. The molecule has 0 nitrogen and oxygen atoms in total. The van der Waals surface area contributed by atoms with Gasteiger partial charge in [-0.1, -0.05) is 0 Å². The first-order valence-electron chi connectivity index (χ1n) is 0.